The van der Waals surface area contributed by atoms with Gasteiger partial charge in [0.2, 0.25) is 0 Å². The number of aliphatic hydroxyl groups excluding tert-OH is 1. The first-order valence-corrected chi connectivity index (χ1v) is 5.87. The van der Waals surface area contributed by atoms with Crippen molar-refractivity contribution in [1.29, 1.82) is 0 Å². The van der Waals surface area contributed by atoms with Gasteiger partial charge in [0.05, 0.1) is 6.61 Å². The lowest BCUT2D eigenvalue weighted by atomic mass is 10.1. The van der Waals surface area contributed by atoms with Crippen molar-refractivity contribution in [2.24, 2.45) is 0 Å². The van der Waals surface area contributed by atoms with Crippen LogP contribution in [0.4, 0.5) is 0 Å². The summed E-state index contributed by atoms with van der Waals surface area (Å²) in [4.78, 5) is 0. The fourth-order valence-corrected chi connectivity index (χ4v) is 1.76. The number of hydrogen-bond donors (Lipinski definition) is 1. The van der Waals surface area contributed by atoms with Crippen molar-refractivity contribution in [2.45, 2.75) is 0 Å². The van der Waals surface area contributed by atoms with Crippen molar-refractivity contribution in [1.82, 2.24) is 0 Å². The topological polar surface area (TPSA) is 29.5 Å². The lowest BCUT2D eigenvalue weighted by Gasteiger charge is -2.09. The first kappa shape index (κ1) is 12.4. The molecule has 0 saturated carbocycles. The molecule has 0 fully saturated rings. The van der Waals surface area contributed by atoms with E-state index in [4.69, 9.17) is 9.84 Å². The Morgan fingerprint density at radius 1 is 1.17 bits per heavy atom. The molecular weight excluding hydrogens is 224 g/mol. The van der Waals surface area contributed by atoms with Crippen LogP contribution in [-0.2, 0) is 0 Å². The van der Waals surface area contributed by atoms with Gasteiger partial charge in [-0.05, 0) is 17.0 Å². The molecule has 1 N–H and O–H groups in total. The Balaban J connectivity index is 2.12. The van der Waals surface area contributed by atoms with Crippen LogP contribution in [0.25, 0.3) is 10.8 Å². The molecule has 0 aliphatic rings. The maximum absolute atomic E-state index is 8.67. The molecule has 0 aliphatic heterocycles. The van der Waals surface area contributed by atoms with Crippen LogP contribution in [0.1, 0.15) is 0 Å². The molecule has 2 heteroatoms. The van der Waals surface area contributed by atoms with Gasteiger partial charge in [-0.25, -0.2) is 0 Å². The van der Waals surface area contributed by atoms with Crippen molar-refractivity contribution < 1.29 is 9.84 Å². The van der Waals surface area contributed by atoms with Crippen LogP contribution in [-0.4, -0.2) is 18.3 Å². The molecule has 0 spiro atoms. The summed E-state index contributed by atoms with van der Waals surface area (Å²) in [7, 11) is 0. The van der Waals surface area contributed by atoms with Crippen molar-refractivity contribution in [2.75, 3.05) is 13.2 Å². The van der Waals surface area contributed by atoms with Crippen molar-refractivity contribution in [3.05, 3.63) is 66.8 Å². The average molecular weight is 240 g/mol. The van der Waals surface area contributed by atoms with E-state index in [-0.39, 0.29) is 6.61 Å². The number of ether oxygens (including phenoxy) is 1. The van der Waals surface area contributed by atoms with E-state index in [0.29, 0.717) is 6.61 Å². The Labute approximate surface area is 107 Å². The van der Waals surface area contributed by atoms with Crippen LogP contribution in [0.3, 0.4) is 0 Å². The van der Waals surface area contributed by atoms with Gasteiger partial charge >= 0.3 is 0 Å². The molecule has 0 unspecified atom stereocenters. The highest BCUT2D eigenvalue weighted by molar-refractivity contribution is 5.88. The molecule has 18 heavy (non-hydrogen) atoms. The summed E-state index contributed by atoms with van der Waals surface area (Å²) in [5.41, 5.74) is 0.831. The van der Waals surface area contributed by atoms with E-state index in [9.17, 15) is 0 Å². The highest BCUT2D eigenvalue weighted by Gasteiger charge is 2.00. The molecule has 2 rings (SSSR count). The van der Waals surface area contributed by atoms with Gasteiger partial charge in [-0.3, -0.25) is 0 Å². The van der Waals surface area contributed by atoms with Crippen LogP contribution in [0.2, 0.25) is 0 Å². The molecule has 0 aliphatic carbocycles. The minimum absolute atomic E-state index is 0.0211. The van der Waals surface area contributed by atoms with E-state index in [1.165, 1.54) is 0 Å². The Morgan fingerprint density at radius 2 is 1.94 bits per heavy atom. The third-order valence-corrected chi connectivity index (χ3v) is 2.62. The fraction of sp³-hybridized carbons (Fsp3) is 0.125. The molecule has 2 aromatic rings. The van der Waals surface area contributed by atoms with Crippen LogP contribution >= 0.6 is 0 Å². The lowest BCUT2D eigenvalue weighted by Crippen LogP contribution is -1.99. The summed E-state index contributed by atoms with van der Waals surface area (Å²) in [6, 6.07) is 14.1. The molecule has 0 bridgehead atoms. The maximum atomic E-state index is 8.67. The van der Waals surface area contributed by atoms with Crippen LogP contribution < -0.4 is 4.74 Å². The quantitative estimate of drug-likeness (QED) is 0.812. The summed E-state index contributed by atoms with van der Waals surface area (Å²) in [5.74, 6) is 0.853. The van der Waals surface area contributed by atoms with Gasteiger partial charge in [-0.15, -0.1) is 0 Å². The number of aliphatic hydroxyl groups is 1. The minimum atomic E-state index is 0.0211. The van der Waals surface area contributed by atoms with E-state index in [1.54, 1.807) is 12.2 Å². The van der Waals surface area contributed by atoms with Gasteiger partial charge < -0.3 is 9.84 Å². The van der Waals surface area contributed by atoms with Crippen LogP contribution in [0.5, 0.6) is 5.75 Å². The Hall–Kier alpha value is -2.06. The molecule has 0 atom stereocenters. The zero-order valence-corrected chi connectivity index (χ0v) is 10.2. The second-order valence-electron chi connectivity index (χ2n) is 4.01. The van der Waals surface area contributed by atoms with Crippen LogP contribution in [0.15, 0.2) is 66.8 Å². The average Bonchev–Trinajstić information content (AvgIpc) is 2.42. The Kier molecular flexibility index (Phi) is 4.15. The van der Waals surface area contributed by atoms with Gasteiger partial charge in [0.1, 0.15) is 12.4 Å². The zero-order valence-electron chi connectivity index (χ0n) is 10.2. The fourth-order valence-electron chi connectivity index (χ4n) is 1.76. The minimum Gasteiger partial charge on any atom is -0.488 e. The molecule has 0 radical (unpaired) electrons. The smallest absolute Gasteiger partial charge is 0.127 e. The number of hydrogen-bond acceptors (Lipinski definition) is 2. The number of benzene rings is 2. The predicted molar refractivity (Wildman–Crippen MR) is 74.8 cm³/mol. The highest BCUT2D eigenvalue weighted by atomic mass is 16.5. The molecule has 92 valence electrons. The third kappa shape index (κ3) is 2.99. The first-order chi connectivity index (χ1) is 8.81. The molecule has 0 saturated heterocycles. The van der Waals surface area contributed by atoms with Crippen molar-refractivity contribution >= 4 is 10.8 Å². The summed E-state index contributed by atoms with van der Waals surface area (Å²) in [5, 5.41) is 10.9. The molecule has 2 aromatic carbocycles. The monoisotopic (exact) mass is 240 g/mol. The standard InChI is InChI=1S/C16H16O2/c1-13(6-5-11-17)12-18-16-10-4-8-14-7-2-3-9-15(14)16/h2-10,17H,1,11-12H2/b6-5+. The number of rotatable bonds is 5. The van der Waals surface area contributed by atoms with E-state index in [1.807, 2.05) is 30.3 Å². The summed E-state index contributed by atoms with van der Waals surface area (Å²) >= 11 is 0. The highest BCUT2D eigenvalue weighted by Crippen LogP contribution is 2.25. The molecule has 2 nitrogen and oxygen atoms in total. The van der Waals surface area contributed by atoms with E-state index in [0.717, 1.165) is 22.1 Å². The summed E-state index contributed by atoms with van der Waals surface area (Å²) < 4.78 is 5.75. The van der Waals surface area contributed by atoms with Gasteiger partial charge in [0, 0.05) is 5.39 Å². The van der Waals surface area contributed by atoms with Crippen molar-refractivity contribution in [3.63, 3.8) is 0 Å². The lowest BCUT2D eigenvalue weighted by molar-refractivity contribution is 0.341. The summed E-state index contributed by atoms with van der Waals surface area (Å²) in [6.45, 7) is 4.31. The zero-order chi connectivity index (χ0) is 12.8. The van der Waals surface area contributed by atoms with Gasteiger partial charge in [0.25, 0.3) is 0 Å². The second kappa shape index (κ2) is 6.03. The maximum Gasteiger partial charge on any atom is 0.127 e. The Bertz CT molecular complexity index is 565. The molecule has 0 amide bonds. The Morgan fingerprint density at radius 3 is 2.78 bits per heavy atom. The van der Waals surface area contributed by atoms with E-state index in [2.05, 4.69) is 18.7 Å². The van der Waals surface area contributed by atoms with Crippen molar-refractivity contribution in [3.8, 4) is 5.75 Å². The van der Waals surface area contributed by atoms with E-state index >= 15 is 0 Å². The second-order valence-corrected chi connectivity index (χ2v) is 4.01. The van der Waals surface area contributed by atoms with Gasteiger partial charge in [-0.2, -0.15) is 0 Å². The SMILES string of the molecule is C=C(/C=C/CO)COc1cccc2ccccc12. The summed E-state index contributed by atoms with van der Waals surface area (Å²) in [6.07, 6.45) is 3.42. The molecule has 0 heterocycles. The largest absolute Gasteiger partial charge is 0.488 e. The van der Waals surface area contributed by atoms with Crippen LogP contribution in [0, 0.1) is 0 Å². The third-order valence-electron chi connectivity index (χ3n) is 2.62. The normalized spacial score (nSPS) is 10.9. The van der Waals surface area contributed by atoms with Gasteiger partial charge in [0.15, 0.2) is 0 Å². The predicted octanol–water partition coefficient (Wildman–Crippen LogP) is 3.32. The van der Waals surface area contributed by atoms with E-state index < -0.39 is 0 Å². The van der Waals surface area contributed by atoms with Gasteiger partial charge in [-0.1, -0.05) is 55.1 Å². The molecule has 0 aromatic heterocycles. The molecular formula is C16H16O2. The first-order valence-electron chi connectivity index (χ1n) is 5.87. The number of fused-ring (bicyclic) bond motifs is 1.